The molecule has 1 spiro atoms. The molecular formula is C30H35NO6. The first-order valence-corrected chi connectivity index (χ1v) is 13.4. The van der Waals surface area contributed by atoms with Gasteiger partial charge in [0.15, 0.2) is 11.5 Å². The second-order valence-electron chi connectivity index (χ2n) is 11.0. The summed E-state index contributed by atoms with van der Waals surface area (Å²) in [4.78, 5) is 27.3. The van der Waals surface area contributed by atoms with E-state index >= 15 is 0 Å². The molecule has 2 aromatic rings. The summed E-state index contributed by atoms with van der Waals surface area (Å²) in [6.07, 6.45) is 5.05. The number of esters is 2. The number of nitrogens with zero attached hydrogens (tertiary/aromatic N) is 1. The molecule has 0 radical (unpaired) electrons. The lowest BCUT2D eigenvalue weighted by Gasteiger charge is -2.58. The van der Waals surface area contributed by atoms with Crippen molar-refractivity contribution in [1.29, 1.82) is 0 Å². The van der Waals surface area contributed by atoms with E-state index in [0.29, 0.717) is 29.9 Å². The summed E-state index contributed by atoms with van der Waals surface area (Å²) in [5.41, 5.74) is 3.44. The van der Waals surface area contributed by atoms with Gasteiger partial charge in [-0.3, -0.25) is 9.59 Å². The average Bonchev–Trinajstić information content (AvgIpc) is 3.24. The van der Waals surface area contributed by atoms with Crippen LogP contribution in [0.15, 0.2) is 36.4 Å². The van der Waals surface area contributed by atoms with Gasteiger partial charge >= 0.3 is 11.9 Å². The normalized spacial score (nSPS) is 29.2. The number of aryl methyl sites for hydroxylation is 1. The summed E-state index contributed by atoms with van der Waals surface area (Å²) < 4.78 is 23.6. The van der Waals surface area contributed by atoms with Crippen LogP contribution in [0.1, 0.15) is 55.7 Å². The number of likely N-dealkylation sites (tertiary alicyclic amines) is 1. The molecular weight excluding hydrogens is 470 g/mol. The fraction of sp³-hybridized carbons (Fsp3) is 0.533. The molecule has 5 atom stereocenters. The predicted octanol–water partition coefficient (Wildman–Crippen LogP) is 4.22. The Labute approximate surface area is 218 Å². The van der Waals surface area contributed by atoms with Gasteiger partial charge in [-0.15, -0.1) is 0 Å². The van der Waals surface area contributed by atoms with Crippen LogP contribution in [0, 0.1) is 5.92 Å². The third-order valence-electron chi connectivity index (χ3n) is 9.07. The maximum Gasteiger partial charge on any atom is 0.308 e. The Balaban J connectivity index is 1.21. The maximum atomic E-state index is 13.0. The lowest BCUT2D eigenvalue weighted by Crippen LogP contribution is -2.66. The molecule has 2 aliphatic carbocycles. The standard InChI is InChI=1S/C30H35NO6/c1-18(32)35-24-13-9-20-17-23-22-12-14-25(29-30(22,15-16-31(23)2)27(20)28(24)37-29)36-26(33)6-4-5-19-7-10-21(34-3)11-8-19/h7-11,13,22-23,25,29H,4-6,12,14-17H2,1-3H3/t22-,23+,25?,29?,30-/m0/s1. The number of rotatable bonds is 7. The SMILES string of the molecule is COc1ccc(CCCC(=O)OC2CC[C@H]3[C@H]4Cc5ccc(OC(C)=O)c6c5[C@@]3(CCN4C)C2O6)cc1. The van der Waals surface area contributed by atoms with Crippen molar-refractivity contribution >= 4 is 11.9 Å². The molecule has 2 unspecified atom stereocenters. The van der Waals surface area contributed by atoms with Crippen molar-refractivity contribution < 1.29 is 28.5 Å². The van der Waals surface area contributed by atoms with Crippen molar-refractivity contribution in [1.82, 2.24) is 4.90 Å². The quantitative estimate of drug-likeness (QED) is 0.412. The van der Waals surface area contributed by atoms with E-state index in [1.54, 1.807) is 7.11 Å². The van der Waals surface area contributed by atoms with E-state index in [0.717, 1.165) is 50.8 Å². The van der Waals surface area contributed by atoms with Gasteiger partial charge in [0.25, 0.3) is 0 Å². The van der Waals surface area contributed by atoms with Gasteiger partial charge in [0.2, 0.25) is 0 Å². The first-order chi connectivity index (χ1) is 17.9. The van der Waals surface area contributed by atoms with Crippen molar-refractivity contribution in [3.63, 3.8) is 0 Å². The summed E-state index contributed by atoms with van der Waals surface area (Å²) in [6, 6.07) is 12.4. The van der Waals surface area contributed by atoms with Crippen LogP contribution in [0.25, 0.3) is 0 Å². The van der Waals surface area contributed by atoms with Crippen LogP contribution in [0.3, 0.4) is 0 Å². The monoisotopic (exact) mass is 505 g/mol. The van der Waals surface area contributed by atoms with Gasteiger partial charge in [0.05, 0.1) is 7.11 Å². The number of hydrogen-bond donors (Lipinski definition) is 0. The number of likely N-dealkylation sites (N-methyl/N-ethyl adjacent to an activating group) is 1. The second kappa shape index (κ2) is 9.35. The fourth-order valence-corrected chi connectivity index (χ4v) is 7.49. The highest BCUT2D eigenvalue weighted by Gasteiger charge is 2.66. The topological polar surface area (TPSA) is 74.3 Å². The zero-order valence-electron chi connectivity index (χ0n) is 21.8. The number of benzene rings is 2. The maximum absolute atomic E-state index is 13.0. The average molecular weight is 506 g/mol. The Kier molecular flexibility index (Phi) is 6.14. The molecule has 0 amide bonds. The predicted molar refractivity (Wildman–Crippen MR) is 137 cm³/mol. The van der Waals surface area contributed by atoms with Crippen LogP contribution in [0.2, 0.25) is 0 Å². The summed E-state index contributed by atoms with van der Waals surface area (Å²) >= 11 is 0. The van der Waals surface area contributed by atoms with Crippen LogP contribution in [-0.2, 0) is 32.6 Å². The summed E-state index contributed by atoms with van der Waals surface area (Å²) in [7, 11) is 3.87. The molecule has 2 bridgehead atoms. The first kappa shape index (κ1) is 24.3. The molecule has 4 aliphatic rings. The Morgan fingerprint density at radius 3 is 2.70 bits per heavy atom. The molecule has 2 aromatic carbocycles. The fourth-order valence-electron chi connectivity index (χ4n) is 7.49. The molecule has 6 rings (SSSR count). The van der Waals surface area contributed by atoms with E-state index in [9.17, 15) is 9.59 Å². The van der Waals surface area contributed by atoms with Crippen LogP contribution in [0.5, 0.6) is 17.2 Å². The van der Waals surface area contributed by atoms with Gasteiger partial charge in [-0.25, -0.2) is 0 Å². The molecule has 2 heterocycles. The van der Waals surface area contributed by atoms with Crippen molar-refractivity contribution in [2.45, 2.75) is 75.5 Å². The van der Waals surface area contributed by atoms with E-state index in [2.05, 4.69) is 18.0 Å². The van der Waals surface area contributed by atoms with Crippen LogP contribution < -0.4 is 14.2 Å². The van der Waals surface area contributed by atoms with Gasteiger partial charge in [0, 0.05) is 30.4 Å². The lowest BCUT2D eigenvalue weighted by atomic mass is 9.51. The largest absolute Gasteiger partial charge is 0.497 e. The van der Waals surface area contributed by atoms with Crippen LogP contribution in [-0.4, -0.2) is 55.8 Å². The zero-order chi connectivity index (χ0) is 25.7. The summed E-state index contributed by atoms with van der Waals surface area (Å²) in [5, 5.41) is 0. The molecule has 196 valence electrons. The molecule has 7 heteroatoms. The Morgan fingerprint density at radius 2 is 1.95 bits per heavy atom. The Hall–Kier alpha value is -3.06. The van der Waals surface area contributed by atoms with Crippen molar-refractivity contribution in [2.24, 2.45) is 5.92 Å². The molecule has 0 aromatic heterocycles. The summed E-state index contributed by atoms with van der Waals surface area (Å²) in [6.45, 7) is 2.39. The van der Waals surface area contributed by atoms with Gasteiger partial charge < -0.3 is 23.8 Å². The van der Waals surface area contributed by atoms with Crippen molar-refractivity contribution in [2.75, 3.05) is 20.7 Å². The van der Waals surface area contributed by atoms with Crippen LogP contribution >= 0.6 is 0 Å². The molecule has 1 saturated carbocycles. The highest BCUT2D eigenvalue weighted by Crippen LogP contribution is 2.64. The second-order valence-corrected chi connectivity index (χ2v) is 11.0. The Bertz CT molecular complexity index is 1210. The minimum absolute atomic E-state index is 0.173. The molecule has 7 nitrogen and oxygen atoms in total. The number of piperidine rings is 1. The van der Waals surface area contributed by atoms with Crippen molar-refractivity contribution in [3.05, 3.63) is 53.1 Å². The van der Waals surface area contributed by atoms with Gasteiger partial charge in [-0.1, -0.05) is 18.2 Å². The third kappa shape index (κ3) is 3.99. The van der Waals surface area contributed by atoms with E-state index < -0.39 is 0 Å². The number of carbonyl (C=O) groups excluding carboxylic acids is 2. The minimum Gasteiger partial charge on any atom is -0.497 e. The zero-order valence-corrected chi connectivity index (χ0v) is 21.8. The number of hydrogen-bond acceptors (Lipinski definition) is 7. The smallest absolute Gasteiger partial charge is 0.308 e. The van der Waals surface area contributed by atoms with E-state index in [1.165, 1.54) is 23.6 Å². The van der Waals surface area contributed by atoms with Gasteiger partial charge in [-0.2, -0.15) is 0 Å². The van der Waals surface area contributed by atoms with Crippen LogP contribution in [0.4, 0.5) is 0 Å². The van der Waals surface area contributed by atoms with Gasteiger partial charge in [0.1, 0.15) is 18.0 Å². The molecule has 37 heavy (non-hydrogen) atoms. The van der Waals surface area contributed by atoms with E-state index in [4.69, 9.17) is 18.9 Å². The van der Waals surface area contributed by atoms with E-state index in [1.807, 2.05) is 30.3 Å². The van der Waals surface area contributed by atoms with Crippen molar-refractivity contribution in [3.8, 4) is 17.2 Å². The highest BCUT2D eigenvalue weighted by atomic mass is 16.6. The third-order valence-corrected chi connectivity index (χ3v) is 9.07. The Morgan fingerprint density at radius 1 is 1.14 bits per heavy atom. The molecule has 1 saturated heterocycles. The molecule has 2 aliphatic heterocycles. The highest BCUT2D eigenvalue weighted by molar-refractivity contribution is 5.73. The molecule has 2 fully saturated rings. The first-order valence-electron chi connectivity index (χ1n) is 13.4. The number of ether oxygens (including phenoxy) is 4. The lowest BCUT2D eigenvalue weighted by molar-refractivity contribution is -0.166. The van der Waals surface area contributed by atoms with E-state index in [-0.39, 0.29) is 29.6 Å². The number of carbonyl (C=O) groups is 2. The minimum atomic E-state index is -0.361. The molecule has 0 N–H and O–H groups in total. The number of methoxy groups -OCH3 is 1. The van der Waals surface area contributed by atoms with Gasteiger partial charge in [-0.05, 0) is 87.4 Å². The summed E-state index contributed by atoms with van der Waals surface area (Å²) in [5.74, 6) is 1.90.